The van der Waals surface area contributed by atoms with Crippen molar-refractivity contribution in [2.45, 2.75) is 32.4 Å². The number of nitrogens with zero attached hydrogens (tertiary/aromatic N) is 4. The van der Waals surface area contributed by atoms with E-state index in [1.807, 2.05) is 16.9 Å². The molecule has 1 aliphatic heterocycles. The Kier molecular flexibility index (Phi) is 7.90. The highest BCUT2D eigenvalue weighted by molar-refractivity contribution is 14.0. The first-order valence-corrected chi connectivity index (χ1v) is 6.98. The highest BCUT2D eigenvalue weighted by atomic mass is 127. The molecular weight excluding hydrogens is 369 g/mol. The topological polar surface area (TPSA) is 65.7 Å². The molecule has 0 radical (unpaired) electrons. The van der Waals surface area contributed by atoms with Gasteiger partial charge in [-0.2, -0.15) is 5.10 Å². The summed E-state index contributed by atoms with van der Waals surface area (Å²) in [5.74, 6) is 0.916. The van der Waals surface area contributed by atoms with E-state index in [1.165, 1.54) is 0 Å². The zero-order valence-electron chi connectivity index (χ0n) is 11.9. The molecule has 0 amide bonds. The molecule has 2 heterocycles. The average molecular weight is 393 g/mol. The Morgan fingerprint density at radius 1 is 1.55 bits per heavy atom. The van der Waals surface area contributed by atoms with Crippen molar-refractivity contribution in [3.05, 3.63) is 18.5 Å². The Hall–Kier alpha value is -0.830. The van der Waals surface area contributed by atoms with Crippen molar-refractivity contribution in [1.29, 1.82) is 0 Å². The number of rotatable bonds is 5. The number of aliphatic imine (C=N–C) groups is 1. The number of hydrogen-bond donors (Lipinski definition) is 2. The van der Waals surface area contributed by atoms with Crippen molar-refractivity contribution in [3.63, 3.8) is 0 Å². The molecule has 0 aliphatic carbocycles. The van der Waals surface area contributed by atoms with Crippen LogP contribution in [-0.2, 0) is 6.54 Å². The van der Waals surface area contributed by atoms with Gasteiger partial charge in [-0.05, 0) is 25.8 Å². The van der Waals surface area contributed by atoms with E-state index < -0.39 is 0 Å². The zero-order chi connectivity index (χ0) is 13.5. The SMILES string of the molecule is CCNC(=NCCCn1cccn1)N1CC[C@@H](O)C1.I. The van der Waals surface area contributed by atoms with Crippen LogP contribution in [0, 0.1) is 0 Å². The van der Waals surface area contributed by atoms with Crippen LogP contribution < -0.4 is 5.32 Å². The molecule has 0 bridgehead atoms. The lowest BCUT2D eigenvalue weighted by Gasteiger charge is -2.20. The van der Waals surface area contributed by atoms with Gasteiger partial charge in [-0.25, -0.2) is 0 Å². The van der Waals surface area contributed by atoms with E-state index in [2.05, 4.69) is 27.2 Å². The van der Waals surface area contributed by atoms with Crippen LogP contribution in [0.25, 0.3) is 0 Å². The second-order valence-electron chi connectivity index (χ2n) is 4.75. The van der Waals surface area contributed by atoms with Gasteiger partial charge in [0.05, 0.1) is 6.10 Å². The average Bonchev–Trinajstić information content (AvgIpc) is 3.04. The summed E-state index contributed by atoms with van der Waals surface area (Å²) in [4.78, 5) is 6.74. The number of guanidine groups is 1. The molecule has 1 aliphatic rings. The second-order valence-corrected chi connectivity index (χ2v) is 4.75. The molecule has 2 N–H and O–H groups in total. The fourth-order valence-electron chi connectivity index (χ4n) is 2.21. The minimum absolute atomic E-state index is 0. The number of aromatic nitrogens is 2. The maximum absolute atomic E-state index is 9.58. The molecule has 1 aromatic rings. The van der Waals surface area contributed by atoms with E-state index in [-0.39, 0.29) is 30.1 Å². The van der Waals surface area contributed by atoms with Gasteiger partial charge in [0, 0.05) is 45.1 Å². The summed E-state index contributed by atoms with van der Waals surface area (Å²) >= 11 is 0. The van der Waals surface area contributed by atoms with Gasteiger partial charge in [-0.1, -0.05) is 0 Å². The monoisotopic (exact) mass is 393 g/mol. The Labute approximate surface area is 137 Å². The number of hydrogen-bond acceptors (Lipinski definition) is 3. The minimum atomic E-state index is -0.215. The molecule has 0 spiro atoms. The van der Waals surface area contributed by atoms with Gasteiger partial charge in [0.15, 0.2) is 5.96 Å². The normalized spacial score (nSPS) is 19.0. The molecule has 6 nitrogen and oxygen atoms in total. The summed E-state index contributed by atoms with van der Waals surface area (Å²) in [7, 11) is 0. The number of halogens is 1. The van der Waals surface area contributed by atoms with E-state index in [0.29, 0.717) is 6.54 Å². The maximum Gasteiger partial charge on any atom is 0.194 e. The molecule has 1 atom stereocenters. The molecule has 2 rings (SSSR count). The van der Waals surface area contributed by atoms with Crippen molar-refractivity contribution >= 4 is 29.9 Å². The third kappa shape index (κ3) is 5.28. The molecule has 1 aromatic heterocycles. The molecule has 20 heavy (non-hydrogen) atoms. The minimum Gasteiger partial charge on any atom is -0.391 e. The summed E-state index contributed by atoms with van der Waals surface area (Å²) in [6.45, 7) is 6.14. The smallest absolute Gasteiger partial charge is 0.194 e. The van der Waals surface area contributed by atoms with Crippen LogP contribution in [0.1, 0.15) is 19.8 Å². The molecule has 1 fully saturated rings. The lowest BCUT2D eigenvalue weighted by atomic mass is 10.3. The van der Waals surface area contributed by atoms with Crippen LogP contribution in [0.2, 0.25) is 0 Å². The standard InChI is InChI=1S/C13H23N5O.HI/c1-2-14-13(17-10-5-12(19)11-17)15-6-3-8-18-9-4-7-16-18;/h4,7,9,12,19H,2-3,5-6,8,10-11H2,1H3,(H,14,15);1H/t12-;/m1./s1. The molecule has 0 aromatic carbocycles. The lowest BCUT2D eigenvalue weighted by Crippen LogP contribution is -2.40. The predicted octanol–water partition coefficient (Wildman–Crippen LogP) is 0.923. The van der Waals surface area contributed by atoms with Gasteiger partial charge in [0.2, 0.25) is 0 Å². The fourth-order valence-corrected chi connectivity index (χ4v) is 2.21. The van der Waals surface area contributed by atoms with Gasteiger partial charge < -0.3 is 15.3 Å². The Morgan fingerprint density at radius 2 is 2.40 bits per heavy atom. The van der Waals surface area contributed by atoms with Crippen LogP contribution in [0.15, 0.2) is 23.5 Å². The highest BCUT2D eigenvalue weighted by Gasteiger charge is 2.22. The molecular formula is C13H24IN5O. The summed E-state index contributed by atoms with van der Waals surface area (Å²) in [5, 5.41) is 17.0. The van der Waals surface area contributed by atoms with Crippen LogP contribution in [0.5, 0.6) is 0 Å². The van der Waals surface area contributed by atoms with E-state index in [1.54, 1.807) is 6.20 Å². The van der Waals surface area contributed by atoms with E-state index in [9.17, 15) is 5.11 Å². The van der Waals surface area contributed by atoms with Crippen molar-refractivity contribution < 1.29 is 5.11 Å². The number of likely N-dealkylation sites (tertiary alicyclic amines) is 1. The zero-order valence-corrected chi connectivity index (χ0v) is 14.2. The second kappa shape index (κ2) is 9.17. The number of nitrogens with one attached hydrogen (secondary N) is 1. The number of aryl methyl sites for hydroxylation is 1. The maximum atomic E-state index is 9.58. The molecule has 0 unspecified atom stereocenters. The Bertz CT molecular complexity index is 395. The number of β-amino-alcohol motifs (C(OH)–C–C–N with tert-alkyl or cyclic N) is 1. The summed E-state index contributed by atoms with van der Waals surface area (Å²) in [6, 6.07) is 1.93. The molecule has 7 heteroatoms. The quantitative estimate of drug-likeness (QED) is 0.338. The fraction of sp³-hybridized carbons (Fsp3) is 0.692. The van der Waals surface area contributed by atoms with Gasteiger partial charge in [-0.3, -0.25) is 9.67 Å². The van der Waals surface area contributed by atoms with Crippen molar-refractivity contribution in [1.82, 2.24) is 20.0 Å². The number of aliphatic hydroxyl groups is 1. The first-order chi connectivity index (χ1) is 9.29. The summed E-state index contributed by atoms with van der Waals surface area (Å²) in [5.41, 5.74) is 0. The third-order valence-electron chi connectivity index (χ3n) is 3.16. The molecule has 0 saturated carbocycles. The first-order valence-electron chi connectivity index (χ1n) is 6.98. The van der Waals surface area contributed by atoms with Gasteiger partial charge in [-0.15, -0.1) is 24.0 Å². The van der Waals surface area contributed by atoms with Crippen LogP contribution in [-0.4, -0.2) is 58.0 Å². The van der Waals surface area contributed by atoms with Crippen LogP contribution in [0.3, 0.4) is 0 Å². The van der Waals surface area contributed by atoms with E-state index in [4.69, 9.17) is 0 Å². The van der Waals surface area contributed by atoms with Crippen molar-refractivity contribution in [2.75, 3.05) is 26.2 Å². The van der Waals surface area contributed by atoms with Crippen molar-refractivity contribution in [2.24, 2.45) is 4.99 Å². The van der Waals surface area contributed by atoms with E-state index in [0.717, 1.165) is 45.0 Å². The Balaban J connectivity index is 0.00000200. The first kappa shape index (κ1) is 17.2. The van der Waals surface area contributed by atoms with E-state index >= 15 is 0 Å². The van der Waals surface area contributed by atoms with Crippen molar-refractivity contribution in [3.8, 4) is 0 Å². The highest BCUT2D eigenvalue weighted by Crippen LogP contribution is 2.08. The lowest BCUT2D eigenvalue weighted by molar-refractivity contribution is 0.188. The molecule has 114 valence electrons. The summed E-state index contributed by atoms with van der Waals surface area (Å²) < 4.78 is 1.92. The Morgan fingerprint density at radius 3 is 3.00 bits per heavy atom. The third-order valence-corrected chi connectivity index (χ3v) is 3.16. The van der Waals surface area contributed by atoms with Crippen LogP contribution >= 0.6 is 24.0 Å². The van der Waals surface area contributed by atoms with Crippen LogP contribution in [0.4, 0.5) is 0 Å². The molecule has 1 saturated heterocycles. The predicted molar refractivity (Wildman–Crippen MR) is 90.4 cm³/mol. The van der Waals surface area contributed by atoms with Gasteiger partial charge >= 0.3 is 0 Å². The largest absolute Gasteiger partial charge is 0.391 e. The van der Waals surface area contributed by atoms with Gasteiger partial charge in [0.25, 0.3) is 0 Å². The number of aliphatic hydroxyl groups excluding tert-OH is 1. The van der Waals surface area contributed by atoms with Gasteiger partial charge in [0.1, 0.15) is 0 Å². The summed E-state index contributed by atoms with van der Waals surface area (Å²) in [6.07, 6.45) is 5.34.